The first-order chi connectivity index (χ1) is 12.6. The predicted molar refractivity (Wildman–Crippen MR) is 96.0 cm³/mol. The highest BCUT2D eigenvalue weighted by molar-refractivity contribution is 7.71. The van der Waals surface area contributed by atoms with Crippen LogP contribution in [0.4, 0.5) is 8.78 Å². The molecule has 0 saturated heterocycles. The summed E-state index contributed by atoms with van der Waals surface area (Å²) in [7, 11) is 0. The molecule has 0 amide bonds. The van der Waals surface area contributed by atoms with Crippen LogP contribution in [0.25, 0.3) is 22.3 Å². The zero-order valence-electron chi connectivity index (χ0n) is 13.3. The molecule has 5 rings (SSSR count). The number of benzene rings is 2. The van der Waals surface area contributed by atoms with Crippen LogP contribution in [0.5, 0.6) is 11.6 Å². The largest absolute Gasteiger partial charge is 0.437 e. The van der Waals surface area contributed by atoms with Gasteiger partial charge < -0.3 is 14.7 Å². The third-order valence-corrected chi connectivity index (χ3v) is 4.82. The minimum Gasteiger partial charge on any atom is -0.437 e. The third-order valence-electron chi connectivity index (χ3n) is 4.48. The second-order valence-electron chi connectivity index (χ2n) is 6.10. The van der Waals surface area contributed by atoms with E-state index >= 15 is 0 Å². The Morgan fingerprint density at radius 3 is 2.88 bits per heavy atom. The van der Waals surface area contributed by atoms with Gasteiger partial charge in [0.25, 0.3) is 0 Å². The van der Waals surface area contributed by atoms with Gasteiger partial charge in [0.1, 0.15) is 16.3 Å². The van der Waals surface area contributed by atoms with Crippen LogP contribution in [0.1, 0.15) is 11.1 Å². The van der Waals surface area contributed by atoms with Crippen LogP contribution >= 0.6 is 12.2 Å². The molecule has 2 N–H and O–H groups in total. The molecule has 7 heteroatoms. The number of para-hydroxylation sites is 1. The Balaban J connectivity index is 1.68. The summed E-state index contributed by atoms with van der Waals surface area (Å²) in [6, 6.07) is 9.86. The number of aromatic amines is 2. The molecule has 4 aromatic rings. The summed E-state index contributed by atoms with van der Waals surface area (Å²) in [6.45, 7) is 0. The van der Waals surface area contributed by atoms with E-state index in [-0.39, 0.29) is 12.2 Å². The van der Waals surface area contributed by atoms with Crippen molar-refractivity contribution in [2.75, 3.05) is 0 Å². The molecule has 0 spiro atoms. The number of rotatable bonds is 1. The van der Waals surface area contributed by atoms with Crippen LogP contribution in [-0.2, 0) is 6.42 Å². The molecule has 1 aliphatic heterocycles. The Morgan fingerprint density at radius 2 is 2.00 bits per heavy atom. The molecule has 1 aliphatic rings. The Bertz CT molecular complexity index is 1250. The first-order valence-corrected chi connectivity index (χ1v) is 8.36. The molecule has 0 radical (unpaired) electrons. The van der Waals surface area contributed by atoms with E-state index in [1.807, 2.05) is 30.5 Å². The molecule has 2 aromatic carbocycles. The lowest BCUT2D eigenvalue weighted by molar-refractivity contribution is 0.403. The Morgan fingerprint density at radius 1 is 1.15 bits per heavy atom. The van der Waals surface area contributed by atoms with Gasteiger partial charge in [-0.15, -0.1) is 0 Å². The lowest BCUT2D eigenvalue weighted by Gasteiger charge is -2.20. The first kappa shape index (κ1) is 15.2. The van der Waals surface area contributed by atoms with Crippen molar-refractivity contribution < 1.29 is 13.5 Å². The van der Waals surface area contributed by atoms with Gasteiger partial charge in [0, 0.05) is 40.7 Å². The van der Waals surface area contributed by atoms with E-state index in [2.05, 4.69) is 15.0 Å². The SMILES string of the molecule is Fc1cc(F)c2c(c1)Cc1c([nH]c(-c3c[nH]c4ccccc34)nc1=S)O2. The molecular weight excluding hydrogens is 356 g/mol. The number of H-pyrrole nitrogens is 2. The lowest BCUT2D eigenvalue weighted by atomic mass is 10.0. The normalized spacial score (nSPS) is 12.5. The molecule has 0 unspecified atom stereocenters. The number of hydrogen-bond donors (Lipinski definition) is 2. The summed E-state index contributed by atoms with van der Waals surface area (Å²) < 4.78 is 33.6. The molecule has 0 saturated carbocycles. The number of fused-ring (bicyclic) bond motifs is 3. The average molecular weight is 367 g/mol. The molecule has 26 heavy (non-hydrogen) atoms. The van der Waals surface area contributed by atoms with E-state index in [4.69, 9.17) is 17.0 Å². The number of nitrogens with zero attached hydrogens (tertiary/aromatic N) is 1. The quantitative estimate of drug-likeness (QED) is 0.397. The maximum absolute atomic E-state index is 14.1. The summed E-state index contributed by atoms with van der Waals surface area (Å²) in [4.78, 5) is 10.8. The number of ether oxygens (including phenoxy) is 1. The molecule has 3 heterocycles. The highest BCUT2D eigenvalue weighted by atomic mass is 32.1. The van der Waals surface area contributed by atoms with Gasteiger partial charge in [-0.05, 0) is 12.1 Å². The summed E-state index contributed by atoms with van der Waals surface area (Å²) in [6.07, 6.45) is 2.09. The fraction of sp³-hybridized carbons (Fsp3) is 0.0526. The first-order valence-electron chi connectivity index (χ1n) is 7.95. The van der Waals surface area contributed by atoms with Gasteiger partial charge in [0.15, 0.2) is 11.6 Å². The summed E-state index contributed by atoms with van der Waals surface area (Å²) in [5.74, 6) is -0.511. The summed E-state index contributed by atoms with van der Waals surface area (Å²) in [5.41, 5.74) is 2.83. The zero-order chi connectivity index (χ0) is 17.8. The third kappa shape index (κ3) is 2.24. The number of hydrogen-bond acceptors (Lipinski definition) is 3. The van der Waals surface area contributed by atoms with Crippen molar-refractivity contribution in [3.05, 3.63) is 70.0 Å². The van der Waals surface area contributed by atoms with Crippen LogP contribution in [-0.4, -0.2) is 15.0 Å². The van der Waals surface area contributed by atoms with Crippen molar-refractivity contribution in [1.29, 1.82) is 0 Å². The maximum atomic E-state index is 14.1. The van der Waals surface area contributed by atoms with Crippen molar-refractivity contribution in [1.82, 2.24) is 15.0 Å². The van der Waals surface area contributed by atoms with Gasteiger partial charge in [0.2, 0.25) is 5.88 Å². The van der Waals surface area contributed by atoms with E-state index in [1.54, 1.807) is 0 Å². The van der Waals surface area contributed by atoms with Crippen LogP contribution in [0.15, 0.2) is 42.6 Å². The van der Waals surface area contributed by atoms with E-state index in [0.717, 1.165) is 22.5 Å². The predicted octanol–water partition coefficient (Wildman–Crippen LogP) is 5.26. The topological polar surface area (TPSA) is 53.7 Å². The number of halogens is 2. The second-order valence-corrected chi connectivity index (χ2v) is 6.49. The van der Waals surface area contributed by atoms with E-state index in [1.165, 1.54) is 6.07 Å². The Labute approximate surface area is 151 Å². The van der Waals surface area contributed by atoms with Gasteiger partial charge in [-0.25, -0.2) is 13.8 Å². The van der Waals surface area contributed by atoms with E-state index in [0.29, 0.717) is 27.5 Å². The molecule has 0 fully saturated rings. The highest BCUT2D eigenvalue weighted by Gasteiger charge is 2.24. The fourth-order valence-corrected chi connectivity index (χ4v) is 3.52. The summed E-state index contributed by atoms with van der Waals surface area (Å²) >= 11 is 5.41. The van der Waals surface area contributed by atoms with Crippen molar-refractivity contribution in [3.63, 3.8) is 0 Å². The van der Waals surface area contributed by atoms with Crippen LogP contribution in [0.2, 0.25) is 0 Å². The molecule has 4 nitrogen and oxygen atoms in total. The molecule has 0 bridgehead atoms. The molecule has 128 valence electrons. The van der Waals surface area contributed by atoms with E-state index < -0.39 is 11.6 Å². The molecular formula is C19H11F2N3OS. The lowest BCUT2D eigenvalue weighted by Crippen LogP contribution is -2.09. The Kier molecular flexibility index (Phi) is 3.20. The van der Waals surface area contributed by atoms with Gasteiger partial charge in [-0.2, -0.15) is 0 Å². The van der Waals surface area contributed by atoms with Gasteiger partial charge in [0.05, 0.1) is 5.56 Å². The van der Waals surface area contributed by atoms with Gasteiger partial charge in [-0.1, -0.05) is 30.4 Å². The zero-order valence-corrected chi connectivity index (χ0v) is 14.1. The monoisotopic (exact) mass is 367 g/mol. The standard InChI is InChI=1S/C19H11F2N3OS/c20-10-5-9-6-12-18(25-16(9)14(21)7-10)23-17(24-19(12)26)13-8-22-15-4-2-1-3-11(13)15/h1-5,7-8,22H,6H2,(H,23,24,26). The average Bonchev–Trinajstić information content (AvgIpc) is 3.05. The minimum absolute atomic E-state index is 0.0145. The van der Waals surface area contributed by atoms with Crippen molar-refractivity contribution >= 4 is 23.1 Å². The maximum Gasteiger partial charge on any atom is 0.205 e. The van der Waals surface area contributed by atoms with Crippen molar-refractivity contribution in [3.8, 4) is 23.0 Å². The van der Waals surface area contributed by atoms with E-state index in [9.17, 15) is 8.78 Å². The van der Waals surface area contributed by atoms with Gasteiger partial charge in [-0.3, -0.25) is 0 Å². The van der Waals surface area contributed by atoms with Crippen LogP contribution in [0.3, 0.4) is 0 Å². The summed E-state index contributed by atoms with van der Waals surface area (Å²) in [5, 5.41) is 0.982. The highest BCUT2D eigenvalue weighted by Crippen LogP contribution is 2.39. The van der Waals surface area contributed by atoms with Crippen molar-refractivity contribution in [2.45, 2.75) is 6.42 Å². The fourth-order valence-electron chi connectivity index (χ4n) is 3.27. The Hall–Kier alpha value is -3.06. The minimum atomic E-state index is -0.740. The number of nitrogens with one attached hydrogen (secondary N) is 2. The smallest absolute Gasteiger partial charge is 0.205 e. The second kappa shape index (κ2) is 5.47. The molecule has 0 aliphatic carbocycles. The van der Waals surface area contributed by atoms with Crippen molar-refractivity contribution in [2.24, 2.45) is 0 Å². The van der Waals surface area contributed by atoms with Gasteiger partial charge >= 0.3 is 0 Å². The van der Waals surface area contributed by atoms with Crippen LogP contribution in [0, 0.1) is 16.3 Å². The van der Waals surface area contributed by atoms with Crippen LogP contribution < -0.4 is 4.74 Å². The number of aromatic nitrogens is 3. The molecule has 0 atom stereocenters. The molecule has 2 aromatic heterocycles.